The summed E-state index contributed by atoms with van der Waals surface area (Å²) in [7, 11) is 1.80. The summed E-state index contributed by atoms with van der Waals surface area (Å²) in [6, 6.07) is 0.600. The molecule has 22 heavy (non-hydrogen) atoms. The molecule has 0 bridgehead atoms. The summed E-state index contributed by atoms with van der Waals surface area (Å²) in [5.74, 6) is 2.88. The van der Waals surface area contributed by atoms with E-state index in [2.05, 4.69) is 25.8 Å². The molecular weight excluding hydrogens is 282 g/mol. The molecule has 0 amide bonds. The van der Waals surface area contributed by atoms with E-state index in [4.69, 9.17) is 9.26 Å². The van der Waals surface area contributed by atoms with Gasteiger partial charge in [-0.25, -0.2) is 0 Å². The molecule has 120 valence electrons. The first kappa shape index (κ1) is 14.0. The van der Waals surface area contributed by atoms with Gasteiger partial charge in [-0.2, -0.15) is 4.98 Å². The number of hydrogen-bond donors (Lipinski definition) is 2. The number of aliphatic imine (C=N–C) groups is 1. The molecular formula is C15H23N5O2. The highest BCUT2D eigenvalue weighted by Crippen LogP contribution is 2.39. The first-order valence-corrected chi connectivity index (χ1v) is 8.28. The second-order valence-corrected chi connectivity index (χ2v) is 6.46. The van der Waals surface area contributed by atoms with Gasteiger partial charge in [0.25, 0.3) is 5.89 Å². The lowest BCUT2D eigenvalue weighted by atomic mass is 10.2. The Bertz CT molecular complexity index is 550. The van der Waals surface area contributed by atoms with Crippen molar-refractivity contribution in [2.75, 3.05) is 13.6 Å². The predicted molar refractivity (Wildman–Crippen MR) is 80.6 cm³/mol. The minimum Gasteiger partial charge on any atom is -0.363 e. The Hall–Kier alpha value is -1.63. The van der Waals surface area contributed by atoms with E-state index in [-0.39, 0.29) is 12.2 Å². The lowest BCUT2D eigenvalue weighted by molar-refractivity contribution is 0.0285. The minimum absolute atomic E-state index is 0.0507. The number of nitrogens with zero attached hydrogens (tertiary/aromatic N) is 3. The molecule has 0 unspecified atom stereocenters. The zero-order chi connectivity index (χ0) is 14.9. The van der Waals surface area contributed by atoms with Crippen LogP contribution in [0.5, 0.6) is 0 Å². The van der Waals surface area contributed by atoms with E-state index in [0.717, 1.165) is 31.2 Å². The molecule has 2 heterocycles. The minimum atomic E-state index is -0.0507. The van der Waals surface area contributed by atoms with Crippen molar-refractivity contribution in [2.45, 2.75) is 62.7 Å². The molecule has 0 aromatic carbocycles. The van der Waals surface area contributed by atoms with Crippen LogP contribution >= 0.6 is 0 Å². The van der Waals surface area contributed by atoms with Crippen LogP contribution in [0, 0.1) is 0 Å². The van der Waals surface area contributed by atoms with Gasteiger partial charge < -0.3 is 19.9 Å². The van der Waals surface area contributed by atoms with Gasteiger partial charge in [0.2, 0.25) is 0 Å². The molecule has 2 atom stereocenters. The molecule has 0 spiro atoms. The zero-order valence-electron chi connectivity index (χ0n) is 12.9. The average molecular weight is 305 g/mol. The summed E-state index contributed by atoms with van der Waals surface area (Å²) in [4.78, 5) is 8.72. The number of aromatic nitrogens is 2. The maximum Gasteiger partial charge on any atom is 0.255 e. The Kier molecular flexibility index (Phi) is 3.73. The van der Waals surface area contributed by atoms with Crippen molar-refractivity contribution in [3.05, 3.63) is 11.7 Å². The van der Waals surface area contributed by atoms with Crippen LogP contribution in [-0.2, 0) is 4.74 Å². The molecule has 1 aliphatic heterocycles. The number of guanidine groups is 1. The normalized spacial score (nSPS) is 28.9. The summed E-state index contributed by atoms with van der Waals surface area (Å²) < 4.78 is 11.4. The number of ether oxygens (including phenoxy) is 1. The van der Waals surface area contributed by atoms with Crippen molar-refractivity contribution in [3.63, 3.8) is 0 Å². The van der Waals surface area contributed by atoms with Gasteiger partial charge in [-0.1, -0.05) is 5.16 Å². The lowest BCUT2D eigenvalue weighted by Crippen LogP contribution is -2.41. The number of nitrogens with one attached hydrogen (secondary N) is 2. The summed E-state index contributed by atoms with van der Waals surface area (Å²) >= 11 is 0. The van der Waals surface area contributed by atoms with Crippen molar-refractivity contribution in [1.29, 1.82) is 0 Å². The van der Waals surface area contributed by atoms with Gasteiger partial charge in [0.05, 0.1) is 6.10 Å². The molecule has 4 rings (SSSR count). The molecule has 0 radical (unpaired) electrons. The topological polar surface area (TPSA) is 84.6 Å². The smallest absolute Gasteiger partial charge is 0.255 e. The van der Waals surface area contributed by atoms with Gasteiger partial charge >= 0.3 is 0 Å². The van der Waals surface area contributed by atoms with Crippen LogP contribution in [0.1, 0.15) is 62.3 Å². The van der Waals surface area contributed by atoms with Crippen LogP contribution in [0.4, 0.5) is 0 Å². The highest BCUT2D eigenvalue weighted by Gasteiger charge is 2.34. The van der Waals surface area contributed by atoms with Crippen LogP contribution < -0.4 is 10.6 Å². The molecule has 7 heteroatoms. The van der Waals surface area contributed by atoms with E-state index in [1.54, 1.807) is 7.05 Å². The van der Waals surface area contributed by atoms with Crippen molar-refractivity contribution < 1.29 is 9.26 Å². The molecule has 1 aromatic heterocycles. The van der Waals surface area contributed by atoms with E-state index < -0.39 is 0 Å². The molecule has 3 aliphatic rings. The monoisotopic (exact) mass is 305 g/mol. The largest absolute Gasteiger partial charge is 0.363 e. The third-order valence-corrected chi connectivity index (χ3v) is 4.42. The average Bonchev–Trinajstić information content (AvgIpc) is 3.45. The SMILES string of the molecule is CN=C(NC[C@H]1CC[C@@H](c2nc(C3CC3)no2)O1)NC1CC1. The van der Waals surface area contributed by atoms with Gasteiger partial charge in [0.1, 0.15) is 6.10 Å². The van der Waals surface area contributed by atoms with E-state index >= 15 is 0 Å². The predicted octanol–water partition coefficient (Wildman–Crippen LogP) is 1.49. The highest BCUT2D eigenvalue weighted by atomic mass is 16.5. The Balaban J connectivity index is 1.26. The molecule has 2 aliphatic carbocycles. The molecule has 2 N–H and O–H groups in total. The quantitative estimate of drug-likeness (QED) is 0.633. The second kappa shape index (κ2) is 5.87. The molecule has 3 fully saturated rings. The third kappa shape index (κ3) is 3.24. The molecule has 1 aromatic rings. The first-order chi connectivity index (χ1) is 10.8. The van der Waals surface area contributed by atoms with E-state index in [1.807, 2.05) is 0 Å². The lowest BCUT2D eigenvalue weighted by Gasteiger charge is -2.15. The molecule has 1 saturated heterocycles. The Morgan fingerprint density at radius 2 is 2.09 bits per heavy atom. The highest BCUT2D eigenvalue weighted by molar-refractivity contribution is 5.80. The van der Waals surface area contributed by atoms with Crippen LogP contribution in [-0.4, -0.2) is 41.8 Å². The Morgan fingerprint density at radius 3 is 2.82 bits per heavy atom. The number of rotatable bonds is 5. The molecule has 2 saturated carbocycles. The van der Waals surface area contributed by atoms with Crippen LogP contribution in [0.15, 0.2) is 9.52 Å². The Labute approximate surface area is 129 Å². The van der Waals surface area contributed by atoms with E-state index in [0.29, 0.717) is 17.9 Å². The maximum atomic E-state index is 6.03. The van der Waals surface area contributed by atoms with Crippen LogP contribution in [0.3, 0.4) is 0 Å². The standard InChI is InChI=1S/C15H23N5O2/c1-16-15(18-10-4-5-10)17-8-11-6-7-12(21-11)14-19-13(20-22-14)9-2-3-9/h9-12H,2-8H2,1H3,(H2,16,17,18)/t11-,12+/m1/s1. The third-order valence-electron chi connectivity index (χ3n) is 4.42. The van der Waals surface area contributed by atoms with Crippen molar-refractivity contribution in [3.8, 4) is 0 Å². The van der Waals surface area contributed by atoms with Gasteiger partial charge in [0.15, 0.2) is 11.8 Å². The fourth-order valence-electron chi connectivity index (χ4n) is 2.75. The van der Waals surface area contributed by atoms with Gasteiger partial charge in [0, 0.05) is 25.6 Å². The van der Waals surface area contributed by atoms with Gasteiger partial charge in [-0.3, -0.25) is 4.99 Å². The van der Waals surface area contributed by atoms with Gasteiger partial charge in [-0.15, -0.1) is 0 Å². The maximum absolute atomic E-state index is 6.03. The first-order valence-electron chi connectivity index (χ1n) is 8.28. The zero-order valence-corrected chi connectivity index (χ0v) is 12.9. The second-order valence-electron chi connectivity index (χ2n) is 6.46. The van der Waals surface area contributed by atoms with Crippen molar-refractivity contribution in [1.82, 2.24) is 20.8 Å². The van der Waals surface area contributed by atoms with Gasteiger partial charge in [-0.05, 0) is 38.5 Å². The number of hydrogen-bond acceptors (Lipinski definition) is 5. The van der Waals surface area contributed by atoms with Crippen LogP contribution in [0.25, 0.3) is 0 Å². The summed E-state index contributed by atoms with van der Waals surface area (Å²) in [6.07, 6.45) is 6.90. The van der Waals surface area contributed by atoms with Crippen LogP contribution in [0.2, 0.25) is 0 Å². The van der Waals surface area contributed by atoms with Crippen molar-refractivity contribution in [2.24, 2.45) is 4.99 Å². The summed E-state index contributed by atoms with van der Waals surface area (Å²) in [5.41, 5.74) is 0. The Morgan fingerprint density at radius 1 is 1.23 bits per heavy atom. The molecule has 7 nitrogen and oxygen atoms in total. The summed E-state index contributed by atoms with van der Waals surface area (Å²) in [6.45, 7) is 0.756. The van der Waals surface area contributed by atoms with Crippen molar-refractivity contribution >= 4 is 5.96 Å². The van der Waals surface area contributed by atoms with E-state index in [9.17, 15) is 0 Å². The summed E-state index contributed by atoms with van der Waals surface area (Å²) in [5, 5.41) is 10.8. The van der Waals surface area contributed by atoms with E-state index in [1.165, 1.54) is 25.7 Å². The fraction of sp³-hybridized carbons (Fsp3) is 0.800. The fourth-order valence-corrected chi connectivity index (χ4v) is 2.75.